The summed E-state index contributed by atoms with van der Waals surface area (Å²) in [6.45, 7) is 0. The van der Waals surface area contributed by atoms with E-state index in [1.807, 2.05) is 0 Å². The van der Waals surface area contributed by atoms with Crippen molar-refractivity contribution in [2.75, 3.05) is 17.7 Å². The molecule has 1 saturated carbocycles. The summed E-state index contributed by atoms with van der Waals surface area (Å²) in [6.07, 6.45) is -2.05. The van der Waals surface area contributed by atoms with E-state index < -0.39 is 23.7 Å². The number of carbonyl (C=O) groups excluding carboxylic acids is 2. The molecule has 1 aliphatic carbocycles. The molecule has 1 fully saturated rings. The minimum absolute atomic E-state index is 0.0550. The molecule has 1 aromatic heterocycles. The van der Waals surface area contributed by atoms with Crippen molar-refractivity contribution in [2.45, 2.75) is 24.9 Å². The highest BCUT2D eigenvalue weighted by Crippen LogP contribution is 2.43. The van der Waals surface area contributed by atoms with Gasteiger partial charge in [-0.1, -0.05) is 6.07 Å². The van der Waals surface area contributed by atoms with Crippen LogP contribution in [0.15, 0.2) is 54.7 Å². The van der Waals surface area contributed by atoms with Gasteiger partial charge in [0.2, 0.25) is 0 Å². The van der Waals surface area contributed by atoms with Crippen LogP contribution in [0.25, 0.3) is 5.69 Å². The summed E-state index contributed by atoms with van der Waals surface area (Å²) in [5.41, 5.74) is 1.34. The van der Waals surface area contributed by atoms with Crippen LogP contribution in [-0.2, 0) is 10.9 Å². The summed E-state index contributed by atoms with van der Waals surface area (Å²) < 4.78 is 45.3. The van der Waals surface area contributed by atoms with Crippen molar-refractivity contribution in [3.8, 4) is 5.69 Å². The number of nitrogens with zero attached hydrogens (tertiary/aromatic N) is 2. The molecule has 4 rings (SSSR count). The Morgan fingerprint density at radius 2 is 1.72 bits per heavy atom. The summed E-state index contributed by atoms with van der Waals surface area (Å²) >= 11 is 0. The number of ether oxygens (including phenoxy) is 1. The lowest BCUT2D eigenvalue weighted by atomic mass is 10.1. The van der Waals surface area contributed by atoms with Crippen molar-refractivity contribution in [3.63, 3.8) is 0 Å². The number of carbonyl (C=O) groups is 2. The normalized spacial score (nSPS) is 13.5. The number of aromatic nitrogens is 2. The van der Waals surface area contributed by atoms with Crippen LogP contribution < -0.4 is 10.6 Å². The van der Waals surface area contributed by atoms with Gasteiger partial charge in [0.15, 0.2) is 0 Å². The van der Waals surface area contributed by atoms with Gasteiger partial charge in [0.1, 0.15) is 0 Å². The molecule has 10 heteroatoms. The van der Waals surface area contributed by atoms with Gasteiger partial charge in [-0.15, -0.1) is 0 Å². The first kappa shape index (κ1) is 21.4. The van der Waals surface area contributed by atoms with Crippen LogP contribution in [0.4, 0.5) is 29.3 Å². The summed E-state index contributed by atoms with van der Waals surface area (Å²) in [5, 5.41) is 9.48. The molecule has 3 aromatic rings. The van der Waals surface area contributed by atoms with Gasteiger partial charge < -0.3 is 10.1 Å². The molecule has 0 spiro atoms. The average molecular weight is 444 g/mol. The van der Waals surface area contributed by atoms with Gasteiger partial charge in [-0.2, -0.15) is 18.3 Å². The fourth-order valence-electron chi connectivity index (χ4n) is 3.31. The highest BCUT2D eigenvalue weighted by Gasteiger charge is 2.34. The number of amides is 2. The first-order chi connectivity index (χ1) is 15.3. The molecule has 0 aliphatic heterocycles. The van der Waals surface area contributed by atoms with Crippen LogP contribution in [0.1, 0.15) is 40.4 Å². The second kappa shape index (κ2) is 8.37. The zero-order valence-corrected chi connectivity index (χ0v) is 16.9. The number of rotatable bonds is 5. The number of hydrogen-bond acceptors (Lipinski definition) is 4. The van der Waals surface area contributed by atoms with E-state index >= 15 is 0 Å². The van der Waals surface area contributed by atoms with Gasteiger partial charge in [0.25, 0.3) is 5.91 Å². The third-order valence-corrected chi connectivity index (χ3v) is 5.01. The van der Waals surface area contributed by atoms with Gasteiger partial charge in [-0.3, -0.25) is 10.1 Å². The third kappa shape index (κ3) is 4.58. The molecule has 2 N–H and O–H groups in total. The molecule has 0 saturated heterocycles. The number of halogens is 3. The van der Waals surface area contributed by atoms with E-state index in [4.69, 9.17) is 0 Å². The second-order valence-corrected chi connectivity index (χ2v) is 7.33. The lowest BCUT2D eigenvalue weighted by Crippen LogP contribution is -2.15. The fourth-order valence-corrected chi connectivity index (χ4v) is 3.31. The molecule has 32 heavy (non-hydrogen) atoms. The van der Waals surface area contributed by atoms with E-state index in [0.29, 0.717) is 22.6 Å². The van der Waals surface area contributed by atoms with Crippen LogP contribution in [0, 0.1) is 0 Å². The smallest absolute Gasteiger partial charge is 0.416 e. The molecular formula is C22H19F3N4O3. The van der Waals surface area contributed by atoms with Crippen LogP contribution in [0.3, 0.4) is 0 Å². The first-order valence-electron chi connectivity index (χ1n) is 9.78. The quantitative estimate of drug-likeness (QED) is 0.567. The minimum atomic E-state index is -4.47. The number of hydrogen-bond donors (Lipinski definition) is 2. The Hall–Kier alpha value is -3.82. The standard InChI is InChI=1S/C22H19F3N4O3/c1-32-21(31)28-16-9-7-15(8-10-16)27-20(30)18-12-26-29(19(18)13-5-6-13)17-4-2-3-14(11-17)22(23,24)25/h2-4,7-13H,5-6H2,1H3,(H,27,30)(H,28,31). The van der Waals surface area contributed by atoms with E-state index in [0.717, 1.165) is 25.0 Å². The van der Waals surface area contributed by atoms with Crippen LogP contribution in [0.2, 0.25) is 0 Å². The first-order valence-corrected chi connectivity index (χ1v) is 9.78. The Bertz CT molecular complexity index is 1150. The van der Waals surface area contributed by atoms with Crippen molar-refractivity contribution in [3.05, 3.63) is 71.5 Å². The molecule has 2 amide bonds. The van der Waals surface area contributed by atoms with E-state index in [2.05, 4.69) is 20.5 Å². The van der Waals surface area contributed by atoms with Crippen molar-refractivity contribution < 1.29 is 27.5 Å². The largest absolute Gasteiger partial charge is 0.453 e. The molecule has 0 atom stereocenters. The SMILES string of the molecule is COC(=O)Nc1ccc(NC(=O)c2cnn(-c3cccc(C(F)(F)F)c3)c2C2CC2)cc1. The minimum Gasteiger partial charge on any atom is -0.453 e. The maximum atomic E-state index is 13.1. The maximum Gasteiger partial charge on any atom is 0.416 e. The molecule has 166 valence electrons. The van der Waals surface area contributed by atoms with Crippen molar-refractivity contribution in [2.24, 2.45) is 0 Å². The van der Waals surface area contributed by atoms with Crippen LogP contribution in [-0.4, -0.2) is 28.9 Å². The molecular weight excluding hydrogens is 425 g/mol. The Balaban J connectivity index is 1.58. The average Bonchev–Trinajstić information content (AvgIpc) is 3.51. The zero-order valence-electron chi connectivity index (χ0n) is 16.9. The summed E-state index contributed by atoms with van der Waals surface area (Å²) in [4.78, 5) is 24.2. The lowest BCUT2D eigenvalue weighted by Gasteiger charge is -2.12. The molecule has 0 radical (unpaired) electrons. The highest BCUT2D eigenvalue weighted by atomic mass is 19.4. The van der Waals surface area contributed by atoms with E-state index in [9.17, 15) is 22.8 Å². The zero-order chi connectivity index (χ0) is 22.9. The molecule has 0 bridgehead atoms. The number of nitrogens with one attached hydrogen (secondary N) is 2. The van der Waals surface area contributed by atoms with Gasteiger partial charge in [0.05, 0.1) is 35.8 Å². The maximum absolute atomic E-state index is 13.1. The van der Waals surface area contributed by atoms with E-state index in [1.54, 1.807) is 24.3 Å². The number of anilines is 2. The van der Waals surface area contributed by atoms with Gasteiger partial charge in [-0.05, 0) is 55.3 Å². The highest BCUT2D eigenvalue weighted by molar-refractivity contribution is 6.05. The van der Waals surface area contributed by atoms with Gasteiger partial charge >= 0.3 is 12.3 Å². The monoisotopic (exact) mass is 444 g/mol. The molecule has 2 aromatic carbocycles. The summed E-state index contributed by atoms with van der Waals surface area (Å²) in [6, 6.07) is 11.3. The van der Waals surface area contributed by atoms with Crippen molar-refractivity contribution >= 4 is 23.4 Å². The predicted molar refractivity (Wildman–Crippen MR) is 111 cm³/mol. The molecule has 7 nitrogen and oxygen atoms in total. The summed E-state index contributed by atoms with van der Waals surface area (Å²) in [5.74, 6) is -0.363. The molecule has 1 aliphatic rings. The molecule has 0 unspecified atom stereocenters. The van der Waals surface area contributed by atoms with E-state index in [1.165, 1.54) is 30.1 Å². The number of benzene rings is 2. The summed E-state index contributed by atoms with van der Waals surface area (Å²) in [7, 11) is 1.25. The Morgan fingerprint density at radius 1 is 1.06 bits per heavy atom. The Morgan fingerprint density at radius 3 is 2.31 bits per heavy atom. The number of alkyl halides is 3. The Labute approximate surface area is 181 Å². The van der Waals surface area contributed by atoms with E-state index in [-0.39, 0.29) is 11.6 Å². The topological polar surface area (TPSA) is 85.2 Å². The second-order valence-electron chi connectivity index (χ2n) is 7.33. The van der Waals surface area contributed by atoms with Crippen molar-refractivity contribution in [1.29, 1.82) is 0 Å². The number of methoxy groups -OCH3 is 1. The predicted octanol–water partition coefficient (Wildman–Crippen LogP) is 5.20. The lowest BCUT2D eigenvalue weighted by molar-refractivity contribution is -0.137. The fraction of sp³-hybridized carbons (Fsp3) is 0.227. The third-order valence-electron chi connectivity index (χ3n) is 5.01. The van der Waals surface area contributed by atoms with Crippen LogP contribution in [0.5, 0.6) is 0 Å². The van der Waals surface area contributed by atoms with Gasteiger partial charge in [-0.25, -0.2) is 9.48 Å². The van der Waals surface area contributed by atoms with Gasteiger partial charge in [0, 0.05) is 17.3 Å². The molecule has 1 heterocycles. The van der Waals surface area contributed by atoms with Crippen molar-refractivity contribution in [1.82, 2.24) is 9.78 Å². The van der Waals surface area contributed by atoms with Crippen LogP contribution >= 0.6 is 0 Å². The Kier molecular flexibility index (Phi) is 5.60.